The van der Waals surface area contributed by atoms with Gasteiger partial charge in [-0.1, -0.05) is 24.6 Å². The maximum absolute atomic E-state index is 13.1. The lowest BCUT2D eigenvalue weighted by molar-refractivity contribution is -0.141. The summed E-state index contributed by atoms with van der Waals surface area (Å²) in [6.07, 6.45) is 3.51. The van der Waals surface area contributed by atoms with Crippen molar-refractivity contribution in [3.05, 3.63) is 75.3 Å². The van der Waals surface area contributed by atoms with E-state index in [9.17, 15) is 9.59 Å². The first-order valence-electron chi connectivity index (χ1n) is 9.02. The van der Waals surface area contributed by atoms with Crippen molar-refractivity contribution in [1.29, 1.82) is 0 Å². The van der Waals surface area contributed by atoms with Crippen molar-refractivity contribution in [3.63, 3.8) is 0 Å². The summed E-state index contributed by atoms with van der Waals surface area (Å²) in [7, 11) is 1.31. The molecule has 0 atom stereocenters. The van der Waals surface area contributed by atoms with Crippen LogP contribution in [-0.2, 0) is 29.2 Å². The lowest BCUT2D eigenvalue weighted by Crippen LogP contribution is -2.32. The molecule has 0 aliphatic carbocycles. The third-order valence-corrected chi connectivity index (χ3v) is 4.88. The van der Waals surface area contributed by atoms with Gasteiger partial charge >= 0.3 is 5.97 Å². The summed E-state index contributed by atoms with van der Waals surface area (Å²) in [5, 5.41) is 1.36. The molecule has 7 heteroatoms. The van der Waals surface area contributed by atoms with Crippen LogP contribution in [0.3, 0.4) is 0 Å². The van der Waals surface area contributed by atoms with Crippen LogP contribution in [0.1, 0.15) is 18.1 Å². The van der Waals surface area contributed by atoms with E-state index in [4.69, 9.17) is 16.3 Å². The van der Waals surface area contributed by atoms with Crippen LogP contribution in [0, 0.1) is 0 Å². The van der Waals surface area contributed by atoms with Gasteiger partial charge in [0.05, 0.1) is 12.6 Å². The molecule has 2 heterocycles. The van der Waals surface area contributed by atoms with Gasteiger partial charge in [-0.3, -0.25) is 24.0 Å². The van der Waals surface area contributed by atoms with Crippen molar-refractivity contribution in [2.75, 3.05) is 13.7 Å². The number of hydrogen-bond acceptors (Lipinski definition) is 5. The standard InChI is InChI=1S/C21H22ClN3O3/c1-3-24(12-15-6-8-23-9-7-15)13-17-10-16-4-5-18(22)11-19(16)25(21(17)27)14-20(26)28-2/h4-11H,3,12-14H2,1-2H3. The molecule has 0 aliphatic heterocycles. The normalized spacial score (nSPS) is 11.1. The molecule has 1 aromatic carbocycles. The number of carbonyl (C=O) groups excluding carboxylic acids is 1. The van der Waals surface area contributed by atoms with Gasteiger partial charge in [0.25, 0.3) is 5.56 Å². The predicted molar refractivity (Wildman–Crippen MR) is 109 cm³/mol. The lowest BCUT2D eigenvalue weighted by atomic mass is 10.1. The SMILES string of the molecule is CCN(Cc1ccncc1)Cc1cc2ccc(Cl)cc2n(CC(=O)OC)c1=O. The van der Waals surface area contributed by atoms with Crippen LogP contribution in [0.4, 0.5) is 0 Å². The van der Waals surface area contributed by atoms with E-state index in [0.29, 0.717) is 29.2 Å². The predicted octanol–water partition coefficient (Wildman–Crippen LogP) is 3.25. The van der Waals surface area contributed by atoms with Crippen LogP contribution in [-0.4, -0.2) is 34.1 Å². The quantitative estimate of drug-likeness (QED) is 0.570. The van der Waals surface area contributed by atoms with Gasteiger partial charge in [-0.2, -0.15) is 0 Å². The zero-order chi connectivity index (χ0) is 20.1. The monoisotopic (exact) mass is 399 g/mol. The number of ether oxygens (including phenoxy) is 1. The number of hydrogen-bond donors (Lipinski definition) is 0. The second-order valence-electron chi connectivity index (χ2n) is 6.50. The molecule has 146 valence electrons. The molecular weight excluding hydrogens is 378 g/mol. The van der Waals surface area contributed by atoms with Crippen LogP contribution in [0.2, 0.25) is 5.02 Å². The lowest BCUT2D eigenvalue weighted by Gasteiger charge is -2.21. The Hall–Kier alpha value is -2.70. The molecule has 28 heavy (non-hydrogen) atoms. The van der Waals surface area contributed by atoms with Gasteiger partial charge in [0.2, 0.25) is 0 Å². The summed E-state index contributed by atoms with van der Waals surface area (Å²) >= 11 is 6.11. The minimum absolute atomic E-state index is 0.156. The highest BCUT2D eigenvalue weighted by molar-refractivity contribution is 6.31. The first-order valence-corrected chi connectivity index (χ1v) is 9.39. The maximum Gasteiger partial charge on any atom is 0.325 e. The maximum atomic E-state index is 13.1. The van der Waals surface area contributed by atoms with Crippen LogP contribution in [0.15, 0.2) is 53.6 Å². The summed E-state index contributed by atoms with van der Waals surface area (Å²) in [5.41, 5.74) is 2.14. The minimum Gasteiger partial charge on any atom is -0.468 e. The van der Waals surface area contributed by atoms with E-state index in [1.54, 1.807) is 24.5 Å². The van der Waals surface area contributed by atoms with E-state index in [2.05, 4.69) is 16.8 Å². The highest BCUT2D eigenvalue weighted by Gasteiger charge is 2.15. The second-order valence-corrected chi connectivity index (χ2v) is 6.94. The smallest absolute Gasteiger partial charge is 0.325 e. The molecule has 2 aromatic heterocycles. The molecule has 3 aromatic rings. The Balaban J connectivity index is 2.00. The van der Waals surface area contributed by atoms with Gasteiger partial charge < -0.3 is 4.74 Å². The number of nitrogens with zero attached hydrogens (tertiary/aromatic N) is 3. The van der Waals surface area contributed by atoms with Crippen molar-refractivity contribution < 1.29 is 9.53 Å². The number of fused-ring (bicyclic) bond motifs is 1. The average Bonchev–Trinajstić information content (AvgIpc) is 2.71. The average molecular weight is 400 g/mol. The van der Waals surface area contributed by atoms with Crippen LogP contribution in [0.25, 0.3) is 10.9 Å². The Bertz CT molecular complexity index is 1030. The Labute approximate surface area is 168 Å². The van der Waals surface area contributed by atoms with Crippen LogP contribution < -0.4 is 5.56 Å². The number of methoxy groups -OCH3 is 1. The molecule has 0 amide bonds. The first-order chi connectivity index (χ1) is 13.5. The molecular formula is C21H22ClN3O3. The highest BCUT2D eigenvalue weighted by Crippen LogP contribution is 2.20. The Morgan fingerprint density at radius 2 is 1.93 bits per heavy atom. The Morgan fingerprint density at radius 3 is 2.61 bits per heavy atom. The fourth-order valence-electron chi connectivity index (χ4n) is 3.14. The molecule has 0 unspecified atom stereocenters. The summed E-state index contributed by atoms with van der Waals surface area (Å²) in [6.45, 7) is 3.84. The summed E-state index contributed by atoms with van der Waals surface area (Å²) < 4.78 is 6.19. The van der Waals surface area contributed by atoms with Gasteiger partial charge in [0, 0.05) is 36.1 Å². The van der Waals surface area contributed by atoms with Crippen molar-refractivity contribution >= 4 is 28.5 Å². The van der Waals surface area contributed by atoms with Crippen molar-refractivity contribution in [2.24, 2.45) is 0 Å². The Kier molecular flexibility index (Phi) is 6.44. The largest absolute Gasteiger partial charge is 0.468 e. The zero-order valence-electron chi connectivity index (χ0n) is 15.9. The van der Waals surface area contributed by atoms with Gasteiger partial charge in [-0.15, -0.1) is 0 Å². The molecule has 0 fully saturated rings. The minimum atomic E-state index is -0.482. The number of pyridine rings is 2. The number of rotatable bonds is 7. The van der Waals surface area contributed by atoms with E-state index in [-0.39, 0.29) is 12.1 Å². The molecule has 3 rings (SSSR count). The highest BCUT2D eigenvalue weighted by atomic mass is 35.5. The number of halogens is 1. The van der Waals surface area contributed by atoms with E-state index in [0.717, 1.165) is 17.5 Å². The zero-order valence-corrected chi connectivity index (χ0v) is 16.6. The second kappa shape index (κ2) is 8.99. The molecule has 0 radical (unpaired) electrons. The van der Waals surface area contributed by atoms with E-state index < -0.39 is 5.97 Å². The van der Waals surface area contributed by atoms with E-state index >= 15 is 0 Å². The van der Waals surface area contributed by atoms with Crippen LogP contribution in [0.5, 0.6) is 0 Å². The fourth-order valence-corrected chi connectivity index (χ4v) is 3.30. The third-order valence-electron chi connectivity index (χ3n) is 4.64. The summed E-state index contributed by atoms with van der Waals surface area (Å²) in [5.74, 6) is -0.482. The molecule has 0 N–H and O–H groups in total. The topological polar surface area (TPSA) is 64.4 Å². The summed E-state index contributed by atoms with van der Waals surface area (Å²) in [6, 6.07) is 11.1. The van der Waals surface area contributed by atoms with Crippen molar-refractivity contribution in [2.45, 2.75) is 26.6 Å². The molecule has 0 saturated carbocycles. The van der Waals surface area contributed by atoms with E-state index in [1.807, 2.05) is 24.3 Å². The Morgan fingerprint density at radius 1 is 1.18 bits per heavy atom. The molecule has 0 spiro atoms. The summed E-state index contributed by atoms with van der Waals surface area (Å²) in [4.78, 5) is 31.2. The number of aromatic nitrogens is 2. The van der Waals surface area contributed by atoms with Crippen molar-refractivity contribution in [1.82, 2.24) is 14.5 Å². The van der Waals surface area contributed by atoms with Crippen molar-refractivity contribution in [3.8, 4) is 0 Å². The van der Waals surface area contributed by atoms with Gasteiger partial charge in [-0.25, -0.2) is 0 Å². The number of benzene rings is 1. The van der Waals surface area contributed by atoms with Gasteiger partial charge in [0.1, 0.15) is 6.54 Å². The fraction of sp³-hybridized carbons (Fsp3) is 0.286. The van der Waals surface area contributed by atoms with Gasteiger partial charge in [0.15, 0.2) is 0 Å². The van der Waals surface area contributed by atoms with E-state index in [1.165, 1.54) is 11.7 Å². The molecule has 0 saturated heterocycles. The molecule has 6 nitrogen and oxygen atoms in total. The first kappa shape index (κ1) is 20.0. The van der Waals surface area contributed by atoms with Crippen LogP contribution >= 0.6 is 11.6 Å². The number of esters is 1. The van der Waals surface area contributed by atoms with Gasteiger partial charge in [-0.05, 0) is 47.8 Å². The third kappa shape index (κ3) is 4.58. The number of carbonyl (C=O) groups is 1. The molecule has 0 bridgehead atoms. The molecule has 0 aliphatic rings.